The van der Waals surface area contributed by atoms with Gasteiger partial charge in [-0.1, -0.05) is 42.5 Å². The first kappa shape index (κ1) is 24.1. The Balaban J connectivity index is 1.33. The Morgan fingerprint density at radius 2 is 1.47 bits per heavy atom. The van der Waals surface area contributed by atoms with Crippen molar-refractivity contribution in [2.75, 3.05) is 38.7 Å². The van der Waals surface area contributed by atoms with Gasteiger partial charge in [-0.3, -0.25) is 9.69 Å². The van der Waals surface area contributed by atoms with Crippen molar-refractivity contribution in [2.24, 2.45) is 0 Å². The molecule has 7 nitrogen and oxygen atoms in total. The normalized spacial score (nSPS) is 14.8. The fraction of sp³-hybridized carbons (Fsp3) is 0.269. The zero-order valence-electron chi connectivity index (χ0n) is 19.2. The van der Waals surface area contributed by atoms with E-state index in [1.54, 1.807) is 24.3 Å². The van der Waals surface area contributed by atoms with Crippen molar-refractivity contribution in [2.45, 2.75) is 18.0 Å². The van der Waals surface area contributed by atoms with Crippen LogP contribution < -0.4 is 5.32 Å². The van der Waals surface area contributed by atoms with Gasteiger partial charge in [-0.25, -0.2) is 8.42 Å². The summed E-state index contributed by atoms with van der Waals surface area (Å²) in [6.07, 6.45) is 0. The second-order valence-corrected chi connectivity index (χ2v) is 10.3. The Kier molecular flexibility index (Phi) is 7.74. The molecule has 0 spiro atoms. The van der Waals surface area contributed by atoms with E-state index in [4.69, 9.17) is 4.74 Å². The van der Waals surface area contributed by atoms with E-state index in [0.717, 1.165) is 18.7 Å². The molecule has 1 fully saturated rings. The molecule has 0 bridgehead atoms. The third-order valence-electron chi connectivity index (χ3n) is 5.68. The van der Waals surface area contributed by atoms with Crippen LogP contribution in [0.15, 0.2) is 83.8 Å². The van der Waals surface area contributed by atoms with Crippen molar-refractivity contribution in [3.63, 3.8) is 0 Å². The molecular weight excluding hydrogens is 450 g/mol. The number of anilines is 1. The summed E-state index contributed by atoms with van der Waals surface area (Å²) >= 11 is 0. The lowest BCUT2D eigenvalue weighted by atomic mass is 10.1. The Morgan fingerprint density at radius 1 is 0.882 bits per heavy atom. The molecule has 178 valence electrons. The average Bonchev–Trinajstić information content (AvgIpc) is 2.86. The van der Waals surface area contributed by atoms with Gasteiger partial charge < -0.3 is 10.1 Å². The summed E-state index contributed by atoms with van der Waals surface area (Å²) in [7, 11) is -1.49. The highest BCUT2D eigenvalue weighted by atomic mass is 32.2. The minimum atomic E-state index is -3.56. The van der Waals surface area contributed by atoms with Gasteiger partial charge in [0.05, 0.1) is 18.1 Å². The van der Waals surface area contributed by atoms with Gasteiger partial charge in [-0.15, -0.1) is 0 Å². The maximum Gasteiger partial charge on any atom is 0.255 e. The van der Waals surface area contributed by atoms with Crippen LogP contribution in [0.1, 0.15) is 21.5 Å². The molecule has 0 unspecified atom stereocenters. The number of nitrogens with zero attached hydrogens (tertiary/aromatic N) is 2. The quantitative estimate of drug-likeness (QED) is 0.534. The van der Waals surface area contributed by atoms with Gasteiger partial charge in [-0.2, -0.15) is 4.31 Å². The smallest absolute Gasteiger partial charge is 0.255 e. The van der Waals surface area contributed by atoms with Crippen LogP contribution in [0.25, 0.3) is 0 Å². The number of nitrogens with one attached hydrogen (secondary N) is 1. The molecule has 0 saturated carbocycles. The molecule has 1 saturated heterocycles. The molecule has 1 amide bonds. The van der Waals surface area contributed by atoms with Crippen LogP contribution in [0.3, 0.4) is 0 Å². The topological polar surface area (TPSA) is 79.0 Å². The van der Waals surface area contributed by atoms with Crippen molar-refractivity contribution in [3.8, 4) is 0 Å². The van der Waals surface area contributed by atoms with E-state index in [1.165, 1.54) is 22.0 Å². The minimum absolute atomic E-state index is 0.205. The van der Waals surface area contributed by atoms with Crippen molar-refractivity contribution < 1.29 is 17.9 Å². The minimum Gasteiger partial charge on any atom is -0.379 e. The van der Waals surface area contributed by atoms with Crippen LogP contribution in [0.5, 0.6) is 0 Å². The standard InChI is InChI=1S/C26H29N3O4S/c1-28(19-21-5-3-2-4-6-21)20-22-7-9-23(10-8-22)26(30)27-24-11-13-25(14-12-24)34(31,32)29-15-17-33-18-16-29/h2-14H,15-20H2,1H3,(H,27,30). The van der Waals surface area contributed by atoms with Crippen molar-refractivity contribution in [1.29, 1.82) is 0 Å². The van der Waals surface area contributed by atoms with E-state index in [2.05, 4.69) is 29.4 Å². The second-order valence-electron chi connectivity index (χ2n) is 8.35. The number of amides is 1. The number of benzene rings is 3. The van der Waals surface area contributed by atoms with Gasteiger partial charge in [0.15, 0.2) is 0 Å². The molecule has 1 aliphatic heterocycles. The molecule has 1 heterocycles. The van der Waals surface area contributed by atoms with Gasteiger partial charge in [0, 0.05) is 37.4 Å². The van der Waals surface area contributed by atoms with E-state index in [1.807, 2.05) is 30.3 Å². The summed E-state index contributed by atoms with van der Waals surface area (Å²) in [6.45, 7) is 3.11. The fourth-order valence-electron chi connectivity index (χ4n) is 3.87. The van der Waals surface area contributed by atoms with E-state index >= 15 is 0 Å². The molecule has 4 rings (SSSR count). The van der Waals surface area contributed by atoms with Crippen molar-refractivity contribution in [3.05, 3.63) is 95.6 Å². The molecule has 3 aromatic carbocycles. The van der Waals surface area contributed by atoms with E-state index < -0.39 is 10.0 Å². The number of ether oxygens (including phenoxy) is 1. The second kappa shape index (κ2) is 10.9. The highest BCUT2D eigenvalue weighted by molar-refractivity contribution is 7.89. The zero-order valence-corrected chi connectivity index (χ0v) is 20.0. The summed E-state index contributed by atoms with van der Waals surface area (Å²) in [5.41, 5.74) is 3.45. The zero-order chi connectivity index (χ0) is 24.0. The highest BCUT2D eigenvalue weighted by Crippen LogP contribution is 2.20. The van der Waals surface area contributed by atoms with Crippen LogP contribution in [0, 0.1) is 0 Å². The van der Waals surface area contributed by atoms with Gasteiger partial charge in [-0.05, 0) is 54.6 Å². The summed E-state index contributed by atoms with van der Waals surface area (Å²) in [4.78, 5) is 15.1. The first-order valence-corrected chi connectivity index (χ1v) is 12.7. The summed E-state index contributed by atoms with van der Waals surface area (Å²) < 4.78 is 32.1. The third kappa shape index (κ3) is 6.09. The maximum atomic E-state index is 12.7. The molecule has 0 atom stereocenters. The van der Waals surface area contributed by atoms with Gasteiger partial charge >= 0.3 is 0 Å². The molecule has 34 heavy (non-hydrogen) atoms. The largest absolute Gasteiger partial charge is 0.379 e. The number of hydrogen-bond acceptors (Lipinski definition) is 5. The number of sulfonamides is 1. The number of morpholine rings is 1. The number of rotatable bonds is 8. The monoisotopic (exact) mass is 479 g/mol. The molecule has 1 aliphatic rings. The lowest BCUT2D eigenvalue weighted by Crippen LogP contribution is -2.40. The van der Waals surface area contributed by atoms with E-state index in [9.17, 15) is 13.2 Å². The molecule has 0 aromatic heterocycles. The summed E-state index contributed by atoms with van der Waals surface area (Å²) in [5, 5.41) is 2.83. The van der Waals surface area contributed by atoms with Crippen LogP contribution in [0.4, 0.5) is 5.69 Å². The van der Waals surface area contributed by atoms with Crippen LogP contribution in [-0.2, 0) is 27.8 Å². The molecule has 0 aliphatic carbocycles. The van der Waals surface area contributed by atoms with Gasteiger partial charge in [0.1, 0.15) is 0 Å². The third-order valence-corrected chi connectivity index (χ3v) is 7.60. The SMILES string of the molecule is CN(Cc1ccccc1)Cc1ccc(C(=O)Nc2ccc(S(=O)(=O)N3CCOCC3)cc2)cc1. The fourth-order valence-corrected chi connectivity index (χ4v) is 5.28. The molecule has 1 N–H and O–H groups in total. The molecule has 8 heteroatoms. The van der Waals surface area contributed by atoms with Crippen LogP contribution in [0.2, 0.25) is 0 Å². The van der Waals surface area contributed by atoms with E-state index in [-0.39, 0.29) is 10.8 Å². The summed E-state index contributed by atoms with van der Waals surface area (Å²) in [5.74, 6) is -0.243. The number of carbonyl (C=O) groups excluding carboxylic acids is 1. The van der Waals surface area contributed by atoms with Gasteiger partial charge in [0.25, 0.3) is 5.91 Å². The molecular formula is C26H29N3O4S. The predicted molar refractivity (Wildman–Crippen MR) is 132 cm³/mol. The molecule has 3 aromatic rings. The van der Waals surface area contributed by atoms with Crippen molar-refractivity contribution >= 4 is 21.6 Å². The first-order valence-electron chi connectivity index (χ1n) is 11.2. The lowest BCUT2D eigenvalue weighted by molar-refractivity contribution is 0.0730. The predicted octanol–water partition coefficient (Wildman–Crippen LogP) is 3.59. The Morgan fingerprint density at radius 3 is 2.09 bits per heavy atom. The summed E-state index contributed by atoms with van der Waals surface area (Å²) in [6, 6.07) is 24.1. The molecule has 0 radical (unpaired) electrons. The number of carbonyl (C=O) groups is 1. The maximum absolute atomic E-state index is 12.7. The van der Waals surface area contributed by atoms with E-state index in [0.29, 0.717) is 37.6 Å². The highest BCUT2D eigenvalue weighted by Gasteiger charge is 2.26. The van der Waals surface area contributed by atoms with Gasteiger partial charge in [0.2, 0.25) is 10.0 Å². The Hall–Kier alpha value is -3.04. The first-order chi connectivity index (χ1) is 16.4. The Labute approximate surface area is 201 Å². The average molecular weight is 480 g/mol. The van der Waals surface area contributed by atoms with Crippen LogP contribution in [-0.4, -0.2) is 56.9 Å². The van der Waals surface area contributed by atoms with Crippen LogP contribution >= 0.6 is 0 Å². The Bertz CT molecular complexity index is 1190. The van der Waals surface area contributed by atoms with Crippen molar-refractivity contribution in [1.82, 2.24) is 9.21 Å². The lowest BCUT2D eigenvalue weighted by Gasteiger charge is -2.26. The number of hydrogen-bond donors (Lipinski definition) is 1.